The summed E-state index contributed by atoms with van der Waals surface area (Å²) in [6.45, 7) is 8.08. The van der Waals surface area contributed by atoms with Crippen LogP contribution in [-0.2, 0) is 0 Å². The summed E-state index contributed by atoms with van der Waals surface area (Å²) in [6, 6.07) is 12.0. The molecule has 0 bridgehead atoms. The van der Waals surface area contributed by atoms with Crippen molar-refractivity contribution in [2.75, 3.05) is 0 Å². The molecule has 2 nitrogen and oxygen atoms in total. The van der Waals surface area contributed by atoms with Gasteiger partial charge in [-0.2, -0.15) is 5.26 Å². The third kappa shape index (κ3) is 2.61. The normalized spacial score (nSPS) is 10.1. The molecule has 0 saturated carbocycles. The molecule has 0 aliphatic carbocycles. The van der Waals surface area contributed by atoms with Gasteiger partial charge in [-0.25, -0.2) is 0 Å². The maximum atomic E-state index is 9.18. The summed E-state index contributed by atoms with van der Waals surface area (Å²) >= 11 is 0. The second-order valence-corrected chi connectivity index (χ2v) is 4.87. The van der Waals surface area contributed by atoms with Crippen LogP contribution in [0.3, 0.4) is 0 Å². The highest BCUT2D eigenvalue weighted by atomic mass is 16.5. The first-order valence-corrected chi connectivity index (χ1v) is 6.28. The highest BCUT2D eigenvalue weighted by Crippen LogP contribution is 2.32. The second-order valence-electron chi connectivity index (χ2n) is 4.87. The number of benzene rings is 2. The van der Waals surface area contributed by atoms with Crippen molar-refractivity contribution < 1.29 is 4.74 Å². The molecule has 0 amide bonds. The van der Waals surface area contributed by atoms with E-state index in [0.717, 1.165) is 22.4 Å². The Balaban J connectivity index is 2.48. The Morgan fingerprint density at radius 3 is 2.32 bits per heavy atom. The molecule has 2 aromatic rings. The van der Waals surface area contributed by atoms with Crippen LogP contribution >= 0.6 is 0 Å². The fraction of sp³-hybridized carbons (Fsp3) is 0.235. The van der Waals surface area contributed by atoms with Gasteiger partial charge < -0.3 is 4.74 Å². The third-order valence-corrected chi connectivity index (χ3v) is 3.34. The van der Waals surface area contributed by atoms with E-state index in [1.54, 1.807) is 0 Å². The molecule has 0 radical (unpaired) electrons. The molecule has 0 unspecified atom stereocenters. The van der Waals surface area contributed by atoms with E-state index in [2.05, 4.69) is 19.1 Å². The lowest BCUT2D eigenvalue weighted by molar-refractivity contribution is 0.473. The van der Waals surface area contributed by atoms with Crippen LogP contribution in [0.1, 0.15) is 27.8 Å². The van der Waals surface area contributed by atoms with Gasteiger partial charge in [0.25, 0.3) is 0 Å². The topological polar surface area (TPSA) is 33.0 Å². The molecule has 0 aliphatic rings. The lowest BCUT2D eigenvalue weighted by Crippen LogP contribution is -1.95. The van der Waals surface area contributed by atoms with E-state index in [4.69, 9.17) is 4.74 Å². The minimum absolute atomic E-state index is 0.570. The summed E-state index contributed by atoms with van der Waals surface area (Å²) < 4.78 is 5.98. The van der Waals surface area contributed by atoms with Crippen LogP contribution in [0.15, 0.2) is 30.3 Å². The smallest absolute Gasteiger partial charge is 0.145 e. The van der Waals surface area contributed by atoms with Crippen LogP contribution in [0.4, 0.5) is 0 Å². The lowest BCUT2D eigenvalue weighted by atomic mass is 10.1. The van der Waals surface area contributed by atoms with E-state index < -0.39 is 0 Å². The fourth-order valence-electron chi connectivity index (χ4n) is 2.01. The average Bonchev–Trinajstić information content (AvgIpc) is 2.40. The van der Waals surface area contributed by atoms with Gasteiger partial charge in [0.15, 0.2) is 0 Å². The molecule has 0 aliphatic heterocycles. The van der Waals surface area contributed by atoms with Crippen molar-refractivity contribution in [2.24, 2.45) is 0 Å². The summed E-state index contributed by atoms with van der Waals surface area (Å²) in [5.41, 5.74) is 5.00. The Hall–Kier alpha value is -2.27. The maximum Gasteiger partial charge on any atom is 0.145 e. The second kappa shape index (κ2) is 5.16. The van der Waals surface area contributed by atoms with Gasteiger partial charge in [-0.1, -0.05) is 18.2 Å². The molecule has 0 atom stereocenters. The predicted molar refractivity (Wildman–Crippen MR) is 76.6 cm³/mol. The Morgan fingerprint density at radius 2 is 1.63 bits per heavy atom. The third-order valence-electron chi connectivity index (χ3n) is 3.34. The molecule has 0 saturated heterocycles. The zero-order chi connectivity index (χ0) is 14.0. The number of hydrogen-bond acceptors (Lipinski definition) is 2. The number of ether oxygens (including phenoxy) is 1. The first kappa shape index (κ1) is 13.2. The molecule has 96 valence electrons. The van der Waals surface area contributed by atoms with Gasteiger partial charge in [0, 0.05) is 0 Å². The van der Waals surface area contributed by atoms with Gasteiger partial charge >= 0.3 is 0 Å². The van der Waals surface area contributed by atoms with Gasteiger partial charge in [0.1, 0.15) is 17.6 Å². The lowest BCUT2D eigenvalue weighted by Gasteiger charge is -2.14. The van der Waals surface area contributed by atoms with E-state index in [9.17, 15) is 5.26 Å². The summed E-state index contributed by atoms with van der Waals surface area (Å²) in [5, 5.41) is 9.18. The predicted octanol–water partition coefficient (Wildman–Crippen LogP) is 4.58. The van der Waals surface area contributed by atoms with Crippen molar-refractivity contribution in [3.63, 3.8) is 0 Å². The van der Waals surface area contributed by atoms with Crippen LogP contribution in [0.5, 0.6) is 11.5 Å². The van der Waals surface area contributed by atoms with Crippen molar-refractivity contribution in [1.82, 2.24) is 0 Å². The van der Waals surface area contributed by atoms with Crippen LogP contribution in [-0.4, -0.2) is 0 Å². The molecule has 2 heteroatoms. The van der Waals surface area contributed by atoms with Crippen LogP contribution < -0.4 is 4.74 Å². The van der Waals surface area contributed by atoms with E-state index in [-0.39, 0.29) is 0 Å². The molecule has 0 heterocycles. The van der Waals surface area contributed by atoms with Crippen LogP contribution in [0.2, 0.25) is 0 Å². The van der Waals surface area contributed by atoms with Gasteiger partial charge in [0.2, 0.25) is 0 Å². The molecule has 19 heavy (non-hydrogen) atoms. The number of hydrogen-bond donors (Lipinski definition) is 0. The van der Waals surface area contributed by atoms with E-state index in [1.807, 2.05) is 45.0 Å². The minimum Gasteiger partial charge on any atom is -0.455 e. The quantitative estimate of drug-likeness (QED) is 0.782. The van der Waals surface area contributed by atoms with E-state index >= 15 is 0 Å². The monoisotopic (exact) mass is 251 g/mol. The zero-order valence-corrected chi connectivity index (χ0v) is 11.7. The fourth-order valence-corrected chi connectivity index (χ4v) is 2.01. The Kier molecular flexibility index (Phi) is 3.57. The highest BCUT2D eigenvalue weighted by Gasteiger charge is 2.10. The molecule has 0 aromatic heterocycles. The molecular weight excluding hydrogens is 234 g/mol. The SMILES string of the molecule is Cc1ccc(Oc2c(C)ccc(C)c2C)c(C#N)c1. The summed E-state index contributed by atoms with van der Waals surface area (Å²) in [4.78, 5) is 0. The van der Waals surface area contributed by atoms with Crippen molar-refractivity contribution >= 4 is 0 Å². The minimum atomic E-state index is 0.570. The van der Waals surface area contributed by atoms with E-state index in [1.165, 1.54) is 5.56 Å². The number of nitriles is 1. The van der Waals surface area contributed by atoms with E-state index in [0.29, 0.717) is 11.3 Å². The number of nitrogens with zero attached hydrogens (tertiary/aromatic N) is 1. The first-order valence-electron chi connectivity index (χ1n) is 6.28. The average molecular weight is 251 g/mol. The highest BCUT2D eigenvalue weighted by molar-refractivity contribution is 5.51. The van der Waals surface area contributed by atoms with Gasteiger partial charge in [-0.3, -0.25) is 0 Å². The molecule has 0 fully saturated rings. The molecular formula is C17H17NO. The Bertz CT molecular complexity index is 666. The molecule has 2 aromatic carbocycles. The summed E-state index contributed by atoms with van der Waals surface area (Å²) in [6.07, 6.45) is 0. The molecule has 2 rings (SSSR count). The Morgan fingerprint density at radius 1 is 0.947 bits per heavy atom. The maximum absolute atomic E-state index is 9.18. The van der Waals surface area contributed by atoms with Gasteiger partial charge in [-0.05, 0) is 62.1 Å². The van der Waals surface area contributed by atoms with Crippen molar-refractivity contribution in [3.05, 3.63) is 58.1 Å². The van der Waals surface area contributed by atoms with Crippen molar-refractivity contribution in [3.8, 4) is 17.6 Å². The number of rotatable bonds is 2. The van der Waals surface area contributed by atoms with Crippen LogP contribution in [0.25, 0.3) is 0 Å². The van der Waals surface area contributed by atoms with Gasteiger partial charge in [-0.15, -0.1) is 0 Å². The van der Waals surface area contributed by atoms with Gasteiger partial charge in [0.05, 0.1) is 5.56 Å². The largest absolute Gasteiger partial charge is 0.455 e. The standard InChI is InChI=1S/C17H17NO/c1-11-5-8-16(15(9-11)10-18)19-17-13(3)7-6-12(2)14(17)4/h5-9H,1-4H3. The van der Waals surface area contributed by atoms with Crippen LogP contribution in [0, 0.1) is 39.0 Å². The van der Waals surface area contributed by atoms with Crippen molar-refractivity contribution in [2.45, 2.75) is 27.7 Å². The summed E-state index contributed by atoms with van der Waals surface area (Å²) in [7, 11) is 0. The van der Waals surface area contributed by atoms with Crippen molar-refractivity contribution in [1.29, 1.82) is 5.26 Å². The first-order chi connectivity index (χ1) is 9.02. The molecule has 0 N–H and O–H groups in total. The Labute approximate surface area is 114 Å². The summed E-state index contributed by atoms with van der Waals surface area (Å²) in [5.74, 6) is 1.46. The zero-order valence-electron chi connectivity index (χ0n) is 11.7. The molecule has 0 spiro atoms. The number of aryl methyl sites for hydroxylation is 3.